The summed E-state index contributed by atoms with van der Waals surface area (Å²) in [5.74, 6) is 0.920. The molecule has 2 unspecified atom stereocenters. The van der Waals surface area contributed by atoms with E-state index >= 15 is 0 Å². The fourth-order valence-electron chi connectivity index (χ4n) is 2.78. The molecule has 2 aliphatic carbocycles. The predicted octanol–water partition coefficient (Wildman–Crippen LogP) is 3.63. The molecule has 1 fully saturated rings. The molecule has 100 valence electrons. The smallest absolute Gasteiger partial charge is 0.166 e. The van der Waals surface area contributed by atoms with Gasteiger partial charge in [0.1, 0.15) is 0 Å². The summed E-state index contributed by atoms with van der Waals surface area (Å²) >= 11 is 0. The van der Waals surface area contributed by atoms with Gasteiger partial charge in [-0.3, -0.25) is 4.79 Å². The molecular formula is C17H20O2. The molecule has 0 bridgehead atoms. The van der Waals surface area contributed by atoms with E-state index in [-0.39, 0.29) is 11.7 Å². The zero-order valence-electron chi connectivity index (χ0n) is 11.2. The quantitative estimate of drug-likeness (QED) is 0.574. The minimum Gasteiger partial charge on any atom is -0.377 e. The zero-order chi connectivity index (χ0) is 13.1. The van der Waals surface area contributed by atoms with Crippen molar-refractivity contribution in [2.24, 2.45) is 11.8 Å². The maximum atomic E-state index is 12.2. The fourth-order valence-corrected chi connectivity index (χ4v) is 2.78. The van der Waals surface area contributed by atoms with Crippen molar-refractivity contribution >= 4 is 5.78 Å². The van der Waals surface area contributed by atoms with Gasteiger partial charge in [0.05, 0.1) is 13.2 Å². The molecule has 1 saturated carbocycles. The molecule has 2 aliphatic rings. The fraction of sp³-hybridized carbons (Fsp3) is 0.471. The van der Waals surface area contributed by atoms with Gasteiger partial charge in [0.15, 0.2) is 5.78 Å². The molecule has 2 nitrogen and oxygen atoms in total. The Labute approximate surface area is 114 Å². The van der Waals surface area contributed by atoms with Crippen molar-refractivity contribution < 1.29 is 9.53 Å². The van der Waals surface area contributed by atoms with Crippen LogP contribution in [0.4, 0.5) is 0 Å². The molecular weight excluding hydrogens is 236 g/mol. The van der Waals surface area contributed by atoms with Crippen molar-refractivity contribution in [2.45, 2.75) is 25.7 Å². The Bertz CT molecular complexity index is 475. The van der Waals surface area contributed by atoms with E-state index in [1.54, 1.807) is 0 Å². The topological polar surface area (TPSA) is 26.3 Å². The van der Waals surface area contributed by atoms with Crippen molar-refractivity contribution in [1.29, 1.82) is 0 Å². The highest BCUT2D eigenvalue weighted by molar-refractivity contribution is 5.99. The van der Waals surface area contributed by atoms with Crippen molar-refractivity contribution in [3.63, 3.8) is 0 Å². The van der Waals surface area contributed by atoms with Crippen molar-refractivity contribution in [3.05, 3.63) is 47.5 Å². The normalized spacial score (nSPS) is 25.2. The molecule has 2 heteroatoms. The Kier molecular flexibility index (Phi) is 3.79. The van der Waals surface area contributed by atoms with Crippen LogP contribution in [0.2, 0.25) is 0 Å². The van der Waals surface area contributed by atoms with E-state index in [4.69, 9.17) is 4.74 Å². The first-order chi connectivity index (χ1) is 9.34. The second kappa shape index (κ2) is 5.70. The molecule has 0 radical (unpaired) electrons. The Morgan fingerprint density at radius 3 is 2.84 bits per heavy atom. The van der Waals surface area contributed by atoms with E-state index in [0.29, 0.717) is 5.92 Å². The summed E-state index contributed by atoms with van der Waals surface area (Å²) < 4.78 is 5.74. The Morgan fingerprint density at radius 2 is 2.11 bits per heavy atom. The predicted molar refractivity (Wildman–Crippen MR) is 75.1 cm³/mol. The summed E-state index contributed by atoms with van der Waals surface area (Å²) in [6.45, 7) is 1.50. The van der Waals surface area contributed by atoms with E-state index in [0.717, 1.165) is 25.2 Å². The average molecular weight is 256 g/mol. The van der Waals surface area contributed by atoms with Gasteiger partial charge in [-0.25, -0.2) is 0 Å². The SMILES string of the molecule is O=C(c1ccccc1)C1CC1COCC1=CCCC1. The molecule has 1 aromatic carbocycles. The number of carbonyl (C=O) groups excluding carboxylic acids is 1. The first-order valence-electron chi connectivity index (χ1n) is 7.19. The summed E-state index contributed by atoms with van der Waals surface area (Å²) in [5.41, 5.74) is 2.28. The van der Waals surface area contributed by atoms with Crippen LogP contribution in [-0.4, -0.2) is 19.0 Å². The van der Waals surface area contributed by atoms with Crippen LogP contribution in [-0.2, 0) is 4.74 Å². The highest BCUT2D eigenvalue weighted by atomic mass is 16.5. The number of carbonyl (C=O) groups is 1. The lowest BCUT2D eigenvalue weighted by atomic mass is 10.1. The van der Waals surface area contributed by atoms with E-state index in [9.17, 15) is 4.79 Å². The first kappa shape index (κ1) is 12.6. The molecule has 3 rings (SSSR count). The van der Waals surface area contributed by atoms with Crippen molar-refractivity contribution in [3.8, 4) is 0 Å². The van der Waals surface area contributed by atoms with Gasteiger partial charge < -0.3 is 4.74 Å². The van der Waals surface area contributed by atoms with E-state index in [2.05, 4.69) is 6.08 Å². The molecule has 1 aromatic rings. The zero-order valence-corrected chi connectivity index (χ0v) is 11.2. The van der Waals surface area contributed by atoms with Gasteiger partial charge >= 0.3 is 0 Å². The van der Waals surface area contributed by atoms with Gasteiger partial charge in [0, 0.05) is 11.5 Å². The molecule has 0 heterocycles. The third-order valence-electron chi connectivity index (χ3n) is 4.07. The van der Waals surface area contributed by atoms with E-state index in [1.165, 1.54) is 24.8 Å². The summed E-state index contributed by atoms with van der Waals surface area (Å²) in [6, 6.07) is 9.60. The van der Waals surface area contributed by atoms with Crippen LogP contribution in [0.25, 0.3) is 0 Å². The summed E-state index contributed by atoms with van der Waals surface area (Å²) in [6.07, 6.45) is 6.96. The number of rotatable bonds is 6. The van der Waals surface area contributed by atoms with Gasteiger partial charge in [0.2, 0.25) is 0 Å². The van der Waals surface area contributed by atoms with Gasteiger partial charge in [-0.2, -0.15) is 0 Å². The highest BCUT2D eigenvalue weighted by Crippen LogP contribution is 2.41. The molecule has 19 heavy (non-hydrogen) atoms. The molecule has 0 saturated heterocycles. The van der Waals surface area contributed by atoms with Gasteiger partial charge in [0.25, 0.3) is 0 Å². The summed E-state index contributed by atoms with van der Waals surface area (Å²) in [4.78, 5) is 12.2. The van der Waals surface area contributed by atoms with Gasteiger partial charge in [-0.05, 0) is 37.2 Å². The Balaban J connectivity index is 1.42. The van der Waals surface area contributed by atoms with Crippen molar-refractivity contribution in [1.82, 2.24) is 0 Å². The molecule has 0 aromatic heterocycles. The van der Waals surface area contributed by atoms with E-state index < -0.39 is 0 Å². The number of hydrogen-bond acceptors (Lipinski definition) is 2. The monoisotopic (exact) mass is 256 g/mol. The summed E-state index contributed by atoms with van der Waals surface area (Å²) in [5, 5.41) is 0. The largest absolute Gasteiger partial charge is 0.377 e. The van der Waals surface area contributed by atoms with Gasteiger partial charge in [-0.15, -0.1) is 0 Å². The minimum absolute atomic E-state index is 0.194. The number of allylic oxidation sites excluding steroid dienone is 1. The van der Waals surface area contributed by atoms with Gasteiger partial charge in [-0.1, -0.05) is 36.4 Å². The standard InChI is InChI=1S/C17H20O2/c18-17(14-8-2-1-3-9-14)16-10-15(16)12-19-11-13-6-4-5-7-13/h1-3,6,8-9,15-16H,4-5,7,10-12H2. The van der Waals surface area contributed by atoms with Crippen LogP contribution in [0.3, 0.4) is 0 Å². The number of ketones is 1. The van der Waals surface area contributed by atoms with Crippen LogP contribution in [0.5, 0.6) is 0 Å². The first-order valence-corrected chi connectivity index (χ1v) is 7.19. The molecule has 0 N–H and O–H groups in total. The second-order valence-corrected chi connectivity index (χ2v) is 5.60. The minimum atomic E-state index is 0.194. The number of Topliss-reactive ketones (excluding diaryl/α,β-unsaturated/α-hetero) is 1. The second-order valence-electron chi connectivity index (χ2n) is 5.60. The maximum absolute atomic E-state index is 12.2. The van der Waals surface area contributed by atoms with Crippen molar-refractivity contribution in [2.75, 3.05) is 13.2 Å². The number of benzene rings is 1. The highest BCUT2D eigenvalue weighted by Gasteiger charge is 2.42. The lowest BCUT2D eigenvalue weighted by Gasteiger charge is -2.04. The molecule has 0 amide bonds. The lowest BCUT2D eigenvalue weighted by Crippen LogP contribution is -2.07. The van der Waals surface area contributed by atoms with Crippen LogP contribution >= 0.6 is 0 Å². The number of hydrogen-bond donors (Lipinski definition) is 0. The average Bonchev–Trinajstić information content (AvgIpc) is 3.03. The van der Waals surface area contributed by atoms with Crippen LogP contribution < -0.4 is 0 Å². The lowest BCUT2D eigenvalue weighted by molar-refractivity contribution is 0.0935. The van der Waals surface area contributed by atoms with E-state index in [1.807, 2.05) is 30.3 Å². The molecule has 0 aliphatic heterocycles. The van der Waals surface area contributed by atoms with Crippen LogP contribution in [0.15, 0.2) is 42.0 Å². The summed E-state index contributed by atoms with van der Waals surface area (Å²) in [7, 11) is 0. The maximum Gasteiger partial charge on any atom is 0.166 e. The molecule has 2 atom stereocenters. The van der Waals surface area contributed by atoms with Crippen LogP contribution in [0.1, 0.15) is 36.0 Å². The Morgan fingerprint density at radius 1 is 1.26 bits per heavy atom. The third kappa shape index (κ3) is 3.13. The number of ether oxygens (including phenoxy) is 1. The molecule has 0 spiro atoms. The third-order valence-corrected chi connectivity index (χ3v) is 4.07. The van der Waals surface area contributed by atoms with Crippen LogP contribution in [0, 0.1) is 11.8 Å². The Hall–Kier alpha value is -1.41.